The van der Waals surface area contributed by atoms with Gasteiger partial charge in [-0.25, -0.2) is 10.1 Å². The molecule has 2 heterocycles. The number of carboxylic acid groups (broad SMARTS) is 1. The van der Waals surface area contributed by atoms with Gasteiger partial charge >= 0.3 is 5.97 Å². The van der Waals surface area contributed by atoms with E-state index < -0.39 is 5.97 Å². The van der Waals surface area contributed by atoms with Gasteiger partial charge in [0, 0.05) is 42.9 Å². The number of nitriles is 1. The number of nitrogens with zero attached hydrogens (tertiary/aromatic N) is 4. The van der Waals surface area contributed by atoms with Crippen molar-refractivity contribution in [1.29, 1.82) is 5.26 Å². The van der Waals surface area contributed by atoms with E-state index in [0.29, 0.717) is 17.9 Å². The molecule has 0 saturated carbocycles. The molecule has 23 heavy (non-hydrogen) atoms. The summed E-state index contributed by atoms with van der Waals surface area (Å²) in [5, 5.41) is 23.8. The van der Waals surface area contributed by atoms with Crippen LogP contribution in [0.3, 0.4) is 0 Å². The summed E-state index contributed by atoms with van der Waals surface area (Å²) in [6.45, 7) is 6.38. The number of carbonyl (C=O) groups is 1. The molecule has 1 fully saturated rings. The fourth-order valence-electron chi connectivity index (χ4n) is 3.27. The Bertz CT molecular complexity index is 795. The zero-order chi connectivity index (χ0) is 16.6. The minimum absolute atomic E-state index is 0.0344. The zero-order valence-electron chi connectivity index (χ0n) is 13.4. The van der Waals surface area contributed by atoms with Crippen LogP contribution in [0, 0.1) is 11.2 Å². The van der Waals surface area contributed by atoms with Gasteiger partial charge in [-0.2, -0.15) is 5.10 Å². The summed E-state index contributed by atoms with van der Waals surface area (Å²) in [5.41, 5.74) is 1.78. The van der Waals surface area contributed by atoms with Crippen LogP contribution in [0.25, 0.3) is 10.9 Å². The number of anilines is 1. The average Bonchev–Trinajstić information content (AvgIpc) is 3.19. The van der Waals surface area contributed by atoms with Crippen LogP contribution in [-0.2, 0) is 6.54 Å². The molecule has 1 aromatic carbocycles. The number of rotatable bonds is 4. The second-order valence-electron chi connectivity index (χ2n) is 6.10. The average molecular weight is 310 g/mol. The molecule has 2 aromatic rings. The van der Waals surface area contributed by atoms with Crippen molar-refractivity contribution in [2.45, 2.75) is 32.5 Å². The van der Waals surface area contributed by atoms with Gasteiger partial charge in [-0.1, -0.05) is 6.82 Å². The first-order valence-electron chi connectivity index (χ1n) is 7.93. The lowest BCUT2D eigenvalue weighted by Crippen LogP contribution is -2.22. The number of aromatic nitrogens is 2. The van der Waals surface area contributed by atoms with Crippen LogP contribution in [0.15, 0.2) is 18.3 Å². The van der Waals surface area contributed by atoms with Crippen molar-refractivity contribution < 1.29 is 9.90 Å². The molecule has 6 nitrogen and oxygen atoms in total. The monoisotopic (exact) mass is 310 g/mol. The number of aryl methyl sites for hydroxylation is 1. The molecule has 1 N–H and O–H groups in total. The topological polar surface area (TPSA) is 82.2 Å². The van der Waals surface area contributed by atoms with E-state index in [0.717, 1.165) is 30.6 Å². The Labute approximate surface area is 135 Å². The van der Waals surface area contributed by atoms with E-state index in [1.807, 2.05) is 26.0 Å². The smallest absolute Gasteiger partial charge is 0.337 e. The van der Waals surface area contributed by atoms with Gasteiger partial charge in [-0.3, -0.25) is 4.68 Å². The number of hydrogen-bond donors (Lipinski definition) is 1. The molecule has 0 aliphatic carbocycles. The van der Waals surface area contributed by atoms with Gasteiger partial charge in [0.1, 0.15) is 5.52 Å². The lowest BCUT2D eigenvalue weighted by Gasteiger charge is -2.20. The van der Waals surface area contributed by atoms with Gasteiger partial charge in [0.2, 0.25) is 0 Å². The SMILES string of the molecule is CCn1cc2c(N3CCC(B(C)C#N)C3)ccc(C(=O)O)c2n1. The molecule has 0 radical (unpaired) electrons. The van der Waals surface area contributed by atoms with Crippen molar-refractivity contribution in [3.63, 3.8) is 0 Å². The van der Waals surface area contributed by atoms with E-state index >= 15 is 0 Å². The van der Waals surface area contributed by atoms with Crippen LogP contribution in [-0.4, -0.2) is 40.7 Å². The maximum Gasteiger partial charge on any atom is 0.337 e. The first-order valence-corrected chi connectivity index (χ1v) is 7.93. The van der Waals surface area contributed by atoms with E-state index in [1.54, 1.807) is 10.7 Å². The Hall–Kier alpha value is -2.49. The summed E-state index contributed by atoms with van der Waals surface area (Å²) in [7, 11) is 0. The minimum atomic E-state index is -0.958. The van der Waals surface area contributed by atoms with Crippen LogP contribution < -0.4 is 4.90 Å². The van der Waals surface area contributed by atoms with Crippen LogP contribution >= 0.6 is 0 Å². The summed E-state index contributed by atoms with van der Waals surface area (Å²) in [5.74, 6) is 1.73. The third-order valence-corrected chi connectivity index (χ3v) is 4.73. The highest BCUT2D eigenvalue weighted by Gasteiger charge is 2.31. The standard InChI is InChI=1S/C16H19BN4O2/c1-3-21-9-13-14(5-4-12(16(22)23)15(13)19-21)20-7-6-11(8-20)17(2)10-18/h4-5,9,11H,3,6-8H2,1-2H3,(H,22,23). The number of hydrogen-bond acceptors (Lipinski definition) is 4. The molecule has 1 aliphatic heterocycles. The largest absolute Gasteiger partial charge is 0.478 e. The number of benzene rings is 1. The second-order valence-corrected chi connectivity index (χ2v) is 6.10. The normalized spacial score (nSPS) is 17.4. The fourth-order valence-corrected chi connectivity index (χ4v) is 3.27. The Morgan fingerprint density at radius 3 is 3.00 bits per heavy atom. The van der Waals surface area contributed by atoms with Crippen LogP contribution in [0.2, 0.25) is 12.6 Å². The molecule has 3 rings (SSSR count). The molecule has 1 unspecified atom stereocenters. The highest BCUT2D eigenvalue weighted by Crippen LogP contribution is 2.35. The molecular formula is C16H19BN4O2. The Balaban J connectivity index is 2.02. The summed E-state index contributed by atoms with van der Waals surface area (Å²) >= 11 is 0. The summed E-state index contributed by atoms with van der Waals surface area (Å²) in [6, 6.07) is 3.50. The molecule has 1 aliphatic rings. The Kier molecular flexibility index (Phi) is 3.99. The van der Waals surface area contributed by atoms with Crippen molar-refractivity contribution in [3.8, 4) is 5.97 Å². The second kappa shape index (κ2) is 5.96. The highest BCUT2D eigenvalue weighted by molar-refractivity contribution is 6.67. The van der Waals surface area contributed by atoms with Gasteiger partial charge in [-0.15, -0.1) is 0 Å². The number of aromatic carboxylic acids is 1. The van der Waals surface area contributed by atoms with Crippen LogP contribution in [0.1, 0.15) is 23.7 Å². The van der Waals surface area contributed by atoms with Crippen LogP contribution in [0.5, 0.6) is 0 Å². The predicted molar refractivity (Wildman–Crippen MR) is 90.2 cm³/mol. The van der Waals surface area contributed by atoms with Crippen LogP contribution in [0.4, 0.5) is 5.69 Å². The lowest BCUT2D eigenvalue weighted by atomic mass is 9.44. The molecule has 0 bridgehead atoms. The van der Waals surface area contributed by atoms with E-state index in [2.05, 4.69) is 16.0 Å². The predicted octanol–water partition coefficient (Wildman–Crippen LogP) is 2.52. The molecule has 1 atom stereocenters. The lowest BCUT2D eigenvalue weighted by molar-refractivity contribution is 0.0699. The van der Waals surface area contributed by atoms with Gasteiger partial charge < -0.3 is 10.0 Å². The molecule has 0 spiro atoms. The Morgan fingerprint density at radius 2 is 2.35 bits per heavy atom. The summed E-state index contributed by atoms with van der Waals surface area (Å²) in [6.07, 6.45) is 2.90. The van der Waals surface area contributed by atoms with E-state index in [-0.39, 0.29) is 12.3 Å². The third-order valence-electron chi connectivity index (χ3n) is 4.73. The van der Waals surface area contributed by atoms with Crippen molar-refractivity contribution in [1.82, 2.24) is 9.78 Å². The van der Waals surface area contributed by atoms with Crippen molar-refractivity contribution in [2.24, 2.45) is 0 Å². The maximum absolute atomic E-state index is 11.4. The van der Waals surface area contributed by atoms with Gasteiger partial charge in [0.15, 0.2) is 0 Å². The van der Waals surface area contributed by atoms with E-state index in [9.17, 15) is 9.90 Å². The molecule has 0 amide bonds. The maximum atomic E-state index is 11.4. The quantitative estimate of drug-likeness (QED) is 0.877. The number of carboxylic acids is 1. The van der Waals surface area contributed by atoms with Crippen molar-refractivity contribution in [2.75, 3.05) is 18.0 Å². The van der Waals surface area contributed by atoms with Gasteiger partial charge in [0.05, 0.1) is 5.56 Å². The fraction of sp³-hybridized carbons (Fsp3) is 0.438. The van der Waals surface area contributed by atoms with Gasteiger partial charge in [0.25, 0.3) is 6.71 Å². The summed E-state index contributed by atoms with van der Waals surface area (Å²) < 4.78 is 1.77. The summed E-state index contributed by atoms with van der Waals surface area (Å²) in [4.78, 5) is 13.7. The first-order chi connectivity index (χ1) is 11.0. The number of fused-ring (bicyclic) bond motifs is 1. The van der Waals surface area contributed by atoms with Crippen molar-refractivity contribution >= 4 is 29.3 Å². The van der Waals surface area contributed by atoms with E-state index in [4.69, 9.17) is 5.26 Å². The first kappa shape index (κ1) is 15.4. The minimum Gasteiger partial charge on any atom is -0.478 e. The Morgan fingerprint density at radius 1 is 1.57 bits per heavy atom. The molecule has 7 heteroatoms. The van der Waals surface area contributed by atoms with Crippen molar-refractivity contribution in [3.05, 3.63) is 23.9 Å². The zero-order valence-corrected chi connectivity index (χ0v) is 13.4. The molecule has 1 saturated heterocycles. The van der Waals surface area contributed by atoms with E-state index in [1.165, 1.54) is 0 Å². The molecular weight excluding hydrogens is 291 g/mol. The molecule has 1 aromatic heterocycles. The molecule has 118 valence electrons. The third kappa shape index (κ3) is 2.65. The van der Waals surface area contributed by atoms with Gasteiger partial charge in [-0.05, 0) is 31.3 Å². The highest BCUT2D eigenvalue weighted by atomic mass is 16.4.